The minimum Gasteiger partial charge on any atom is -0.482 e. The molecule has 1 spiro atoms. The van der Waals surface area contributed by atoms with Gasteiger partial charge in [0.25, 0.3) is 11.8 Å². The summed E-state index contributed by atoms with van der Waals surface area (Å²) in [6.07, 6.45) is 4.94. The lowest BCUT2D eigenvalue weighted by Crippen LogP contribution is -2.46. The van der Waals surface area contributed by atoms with E-state index in [1.54, 1.807) is 0 Å². The van der Waals surface area contributed by atoms with Gasteiger partial charge in [0.15, 0.2) is 0 Å². The van der Waals surface area contributed by atoms with E-state index in [0.717, 1.165) is 61.3 Å². The summed E-state index contributed by atoms with van der Waals surface area (Å²) in [5.74, 6) is 0.905. The van der Waals surface area contributed by atoms with Crippen molar-refractivity contribution < 1.29 is 14.3 Å². The fraction of sp³-hybridized carbons (Fsp3) is 0.467. The zero-order chi connectivity index (χ0) is 25.7. The molecule has 6 nitrogen and oxygen atoms in total. The van der Waals surface area contributed by atoms with Gasteiger partial charge in [0.05, 0.1) is 0 Å². The van der Waals surface area contributed by atoms with Crippen LogP contribution in [0.25, 0.3) is 5.57 Å². The molecule has 1 fully saturated rings. The van der Waals surface area contributed by atoms with E-state index in [0.29, 0.717) is 30.8 Å². The Morgan fingerprint density at radius 2 is 1.47 bits per heavy atom. The average Bonchev–Trinajstić information content (AvgIpc) is 2.92. The maximum atomic E-state index is 13.2. The van der Waals surface area contributed by atoms with Crippen LogP contribution in [0.5, 0.6) is 5.75 Å². The second kappa shape index (κ2) is 11.3. The van der Waals surface area contributed by atoms with Gasteiger partial charge in [0, 0.05) is 55.7 Å². The van der Waals surface area contributed by atoms with Gasteiger partial charge in [0.2, 0.25) is 0 Å². The first kappa shape index (κ1) is 26.0. The van der Waals surface area contributed by atoms with Crippen molar-refractivity contribution >= 4 is 17.4 Å². The van der Waals surface area contributed by atoms with E-state index >= 15 is 0 Å². The van der Waals surface area contributed by atoms with Crippen molar-refractivity contribution in [3.8, 4) is 5.75 Å². The molecule has 36 heavy (non-hydrogen) atoms. The summed E-state index contributed by atoms with van der Waals surface area (Å²) in [4.78, 5) is 29.8. The molecule has 0 bridgehead atoms. The summed E-state index contributed by atoms with van der Waals surface area (Å²) in [6.45, 7) is 12.7. The molecule has 0 atom stereocenters. The molecular formula is C30H39N3O3. The quantitative estimate of drug-likeness (QED) is 0.568. The highest BCUT2D eigenvalue weighted by atomic mass is 16.5. The number of nitrogens with zero attached hydrogens (tertiary/aromatic N) is 2. The molecular weight excluding hydrogens is 450 g/mol. The number of fused-ring (bicyclic) bond motifs is 1. The van der Waals surface area contributed by atoms with Crippen LogP contribution in [0, 0.1) is 0 Å². The molecule has 192 valence electrons. The summed E-state index contributed by atoms with van der Waals surface area (Å²) in [6, 6.07) is 13.7. The minimum atomic E-state index is -0.369. The molecule has 1 saturated heterocycles. The van der Waals surface area contributed by atoms with E-state index in [-0.39, 0.29) is 17.4 Å². The van der Waals surface area contributed by atoms with E-state index in [4.69, 9.17) is 4.74 Å². The number of ether oxygens (including phenoxy) is 1. The molecule has 0 radical (unpaired) electrons. The first-order valence-electron chi connectivity index (χ1n) is 13.4. The predicted molar refractivity (Wildman–Crippen MR) is 145 cm³/mol. The molecule has 4 rings (SSSR count). The van der Waals surface area contributed by atoms with Crippen molar-refractivity contribution in [2.75, 3.05) is 39.3 Å². The smallest absolute Gasteiger partial charge is 0.253 e. The van der Waals surface area contributed by atoms with Gasteiger partial charge >= 0.3 is 0 Å². The molecule has 6 heteroatoms. The van der Waals surface area contributed by atoms with E-state index < -0.39 is 0 Å². The monoisotopic (exact) mass is 489 g/mol. The molecule has 2 amide bonds. The zero-order valence-corrected chi connectivity index (χ0v) is 22.1. The van der Waals surface area contributed by atoms with E-state index in [1.807, 2.05) is 73.0 Å². The Balaban J connectivity index is 1.74. The van der Waals surface area contributed by atoms with Crippen LogP contribution in [0.3, 0.4) is 0 Å². The van der Waals surface area contributed by atoms with Gasteiger partial charge in [0.1, 0.15) is 11.4 Å². The van der Waals surface area contributed by atoms with Crippen LogP contribution in [0.4, 0.5) is 0 Å². The predicted octanol–water partition coefficient (Wildman–Crippen LogP) is 4.99. The maximum Gasteiger partial charge on any atom is 0.253 e. The fourth-order valence-corrected chi connectivity index (χ4v) is 5.23. The third-order valence-corrected chi connectivity index (χ3v) is 7.34. The lowest BCUT2D eigenvalue weighted by molar-refractivity contribution is 0.0757. The van der Waals surface area contributed by atoms with Crippen molar-refractivity contribution in [3.63, 3.8) is 0 Å². The topological polar surface area (TPSA) is 61.9 Å². The summed E-state index contributed by atoms with van der Waals surface area (Å²) in [5.41, 5.74) is 4.02. The standard InChI is InChI=1S/C30H39N3O3/c1-5-19-33(8-4)29(35)24-13-14-27-25(20-24)26(21-30(36-27)15-17-31-18-16-30)22-9-11-23(12-10-22)28(34)32(6-2)7-3/h9-14,20-21,31H,5-8,15-19H2,1-4H3. The highest BCUT2D eigenvalue weighted by Crippen LogP contribution is 2.43. The number of rotatable bonds is 8. The molecule has 0 unspecified atom stereocenters. The SMILES string of the molecule is CCCN(CC)C(=O)c1ccc2c(c1)C(c1ccc(C(=O)N(CC)CC)cc1)=CC1(CCNCC1)O2. The van der Waals surface area contributed by atoms with Gasteiger partial charge in [-0.05, 0) is 87.8 Å². The summed E-state index contributed by atoms with van der Waals surface area (Å²) < 4.78 is 6.60. The number of amides is 2. The number of hydrogen-bond donors (Lipinski definition) is 1. The van der Waals surface area contributed by atoms with Crippen LogP contribution in [0.1, 0.15) is 78.8 Å². The number of carbonyl (C=O) groups is 2. The van der Waals surface area contributed by atoms with Gasteiger partial charge in [-0.1, -0.05) is 19.1 Å². The van der Waals surface area contributed by atoms with E-state index in [9.17, 15) is 9.59 Å². The number of hydrogen-bond acceptors (Lipinski definition) is 4. The first-order chi connectivity index (χ1) is 17.4. The Kier molecular flexibility index (Phi) is 8.14. The summed E-state index contributed by atoms with van der Waals surface area (Å²) >= 11 is 0. The van der Waals surface area contributed by atoms with Crippen LogP contribution in [-0.4, -0.2) is 66.5 Å². The highest BCUT2D eigenvalue weighted by Gasteiger charge is 2.37. The number of piperidine rings is 1. The Labute approximate surface area is 215 Å². The number of nitrogens with one attached hydrogen (secondary N) is 1. The van der Waals surface area contributed by atoms with Gasteiger partial charge in [-0.3, -0.25) is 9.59 Å². The van der Waals surface area contributed by atoms with Crippen molar-refractivity contribution in [2.45, 2.75) is 52.6 Å². The van der Waals surface area contributed by atoms with Gasteiger partial charge in [-0.25, -0.2) is 0 Å². The second-order valence-corrected chi connectivity index (χ2v) is 9.63. The molecule has 2 heterocycles. The van der Waals surface area contributed by atoms with Crippen molar-refractivity contribution in [1.29, 1.82) is 0 Å². The molecule has 2 aromatic carbocycles. The summed E-state index contributed by atoms with van der Waals surface area (Å²) in [7, 11) is 0. The Morgan fingerprint density at radius 1 is 0.861 bits per heavy atom. The van der Waals surface area contributed by atoms with Crippen molar-refractivity contribution in [3.05, 3.63) is 70.8 Å². The molecule has 2 aliphatic rings. The number of carbonyl (C=O) groups excluding carboxylic acids is 2. The zero-order valence-electron chi connectivity index (χ0n) is 22.1. The van der Waals surface area contributed by atoms with Crippen molar-refractivity contribution in [1.82, 2.24) is 15.1 Å². The lowest BCUT2D eigenvalue weighted by Gasteiger charge is -2.40. The van der Waals surface area contributed by atoms with E-state index in [1.165, 1.54) is 0 Å². The fourth-order valence-electron chi connectivity index (χ4n) is 5.23. The third kappa shape index (κ3) is 5.19. The van der Waals surface area contributed by atoms with Crippen LogP contribution in [0.2, 0.25) is 0 Å². The molecule has 0 aromatic heterocycles. The molecule has 0 aliphatic carbocycles. The van der Waals surface area contributed by atoms with Gasteiger partial charge < -0.3 is 19.9 Å². The molecule has 2 aliphatic heterocycles. The molecule has 2 aromatic rings. The highest BCUT2D eigenvalue weighted by molar-refractivity contribution is 5.98. The van der Waals surface area contributed by atoms with Gasteiger partial charge in [-0.2, -0.15) is 0 Å². The lowest BCUT2D eigenvalue weighted by atomic mass is 9.83. The van der Waals surface area contributed by atoms with E-state index in [2.05, 4.69) is 18.3 Å². The Hall–Kier alpha value is -3.12. The third-order valence-electron chi connectivity index (χ3n) is 7.34. The second-order valence-electron chi connectivity index (χ2n) is 9.63. The number of benzene rings is 2. The minimum absolute atomic E-state index is 0.0452. The Bertz CT molecular complexity index is 1110. The first-order valence-corrected chi connectivity index (χ1v) is 13.4. The Morgan fingerprint density at radius 3 is 2.08 bits per heavy atom. The van der Waals surface area contributed by atoms with Crippen LogP contribution in [0.15, 0.2) is 48.5 Å². The van der Waals surface area contributed by atoms with Gasteiger partial charge in [-0.15, -0.1) is 0 Å². The summed E-state index contributed by atoms with van der Waals surface area (Å²) in [5, 5.41) is 3.43. The van der Waals surface area contributed by atoms with Crippen LogP contribution < -0.4 is 10.1 Å². The molecule has 0 saturated carbocycles. The molecule has 1 N–H and O–H groups in total. The largest absolute Gasteiger partial charge is 0.482 e. The average molecular weight is 490 g/mol. The van der Waals surface area contributed by atoms with Crippen molar-refractivity contribution in [2.24, 2.45) is 0 Å². The van der Waals surface area contributed by atoms with Crippen LogP contribution in [-0.2, 0) is 0 Å². The maximum absolute atomic E-state index is 13.2. The normalized spacial score (nSPS) is 16.1. The van der Waals surface area contributed by atoms with Crippen LogP contribution >= 0.6 is 0 Å².